The van der Waals surface area contributed by atoms with Gasteiger partial charge in [0.15, 0.2) is 0 Å². The first kappa shape index (κ1) is 18.7. The summed E-state index contributed by atoms with van der Waals surface area (Å²) in [5, 5.41) is 4.20. The number of rotatable bonds is 6. The maximum atomic E-state index is 11.8. The van der Waals surface area contributed by atoms with Crippen LogP contribution in [0, 0.1) is 5.92 Å². The second-order valence-corrected chi connectivity index (χ2v) is 7.38. The Morgan fingerprint density at radius 3 is 2.69 bits per heavy atom. The van der Waals surface area contributed by atoms with Gasteiger partial charge in [-0.1, -0.05) is 55.2 Å². The number of carbonyl (C=O) groups is 1. The maximum Gasteiger partial charge on any atom is 0.222 e. The molecule has 3 rings (SSSR count). The van der Waals surface area contributed by atoms with Crippen LogP contribution < -0.4 is 5.32 Å². The summed E-state index contributed by atoms with van der Waals surface area (Å²) in [6.45, 7) is 4.92. The summed E-state index contributed by atoms with van der Waals surface area (Å²) in [7, 11) is 0. The number of aromatic nitrogens is 2. The fraction of sp³-hybridized carbons (Fsp3) is 0.300. The van der Waals surface area contributed by atoms with E-state index in [-0.39, 0.29) is 11.8 Å². The Balaban J connectivity index is 1.88. The Hall–Kier alpha value is -2.04. The summed E-state index contributed by atoms with van der Waals surface area (Å²) in [4.78, 5) is 16.5. The molecule has 0 spiro atoms. The normalized spacial score (nSPS) is 11.3. The van der Waals surface area contributed by atoms with Gasteiger partial charge in [0.1, 0.15) is 5.82 Å². The van der Waals surface area contributed by atoms with Crippen molar-refractivity contribution in [3.63, 3.8) is 0 Å². The predicted octanol–water partition coefficient (Wildman–Crippen LogP) is 4.71. The average molecular weight is 390 g/mol. The first-order valence-electron chi connectivity index (χ1n) is 8.61. The summed E-state index contributed by atoms with van der Waals surface area (Å²) in [6, 6.07) is 13.5. The van der Waals surface area contributed by atoms with Crippen LogP contribution in [0.1, 0.15) is 25.2 Å². The third-order valence-corrected chi connectivity index (χ3v) is 4.84. The summed E-state index contributed by atoms with van der Waals surface area (Å²) in [5.41, 5.74) is 2.96. The van der Waals surface area contributed by atoms with Crippen molar-refractivity contribution < 1.29 is 4.79 Å². The van der Waals surface area contributed by atoms with Crippen LogP contribution in [-0.2, 0) is 17.8 Å². The maximum absolute atomic E-state index is 11.8. The predicted molar refractivity (Wildman–Crippen MR) is 107 cm³/mol. The van der Waals surface area contributed by atoms with E-state index in [2.05, 4.69) is 9.88 Å². The van der Waals surface area contributed by atoms with Gasteiger partial charge in [-0.25, -0.2) is 4.98 Å². The minimum atomic E-state index is -0.0262. The Labute approximate surface area is 163 Å². The molecular weight excluding hydrogens is 369 g/mol. The van der Waals surface area contributed by atoms with Gasteiger partial charge in [-0.15, -0.1) is 0 Å². The number of para-hydroxylation sites is 2. The first-order chi connectivity index (χ1) is 12.5. The second-order valence-electron chi connectivity index (χ2n) is 6.53. The molecule has 2 aromatic carbocycles. The highest BCUT2D eigenvalue weighted by Gasteiger charge is 2.13. The van der Waals surface area contributed by atoms with Crippen molar-refractivity contribution in [2.75, 3.05) is 6.54 Å². The molecule has 26 heavy (non-hydrogen) atoms. The molecule has 136 valence electrons. The van der Waals surface area contributed by atoms with Crippen molar-refractivity contribution in [1.82, 2.24) is 14.9 Å². The molecule has 1 aromatic heterocycles. The van der Waals surface area contributed by atoms with Gasteiger partial charge in [0.25, 0.3) is 0 Å². The van der Waals surface area contributed by atoms with E-state index in [4.69, 9.17) is 28.2 Å². The van der Waals surface area contributed by atoms with Crippen LogP contribution in [0.5, 0.6) is 0 Å². The highest BCUT2D eigenvalue weighted by atomic mass is 35.5. The zero-order chi connectivity index (χ0) is 18.7. The lowest BCUT2D eigenvalue weighted by atomic mass is 10.2. The number of carbonyl (C=O) groups excluding carboxylic acids is 1. The van der Waals surface area contributed by atoms with Crippen molar-refractivity contribution in [2.24, 2.45) is 5.92 Å². The number of nitrogens with zero attached hydrogens (tertiary/aromatic N) is 2. The summed E-state index contributed by atoms with van der Waals surface area (Å²) in [5.74, 6) is 0.941. The van der Waals surface area contributed by atoms with Crippen molar-refractivity contribution in [3.05, 3.63) is 63.9 Å². The quantitative estimate of drug-likeness (QED) is 0.663. The Morgan fingerprint density at radius 2 is 1.96 bits per heavy atom. The number of amides is 1. The van der Waals surface area contributed by atoms with Crippen LogP contribution in [0.15, 0.2) is 42.5 Å². The zero-order valence-corrected chi connectivity index (χ0v) is 16.3. The molecule has 0 unspecified atom stereocenters. The van der Waals surface area contributed by atoms with Crippen molar-refractivity contribution >= 4 is 40.1 Å². The smallest absolute Gasteiger partial charge is 0.222 e. The minimum Gasteiger partial charge on any atom is -0.355 e. The van der Waals surface area contributed by atoms with Gasteiger partial charge in [-0.05, 0) is 29.8 Å². The molecule has 1 heterocycles. The molecular formula is C20H21Cl2N3O. The Bertz CT molecular complexity index is 934. The van der Waals surface area contributed by atoms with Gasteiger partial charge in [0, 0.05) is 28.9 Å². The lowest BCUT2D eigenvalue weighted by Gasteiger charge is -2.12. The minimum absolute atomic E-state index is 0.0262. The van der Waals surface area contributed by atoms with E-state index < -0.39 is 0 Å². The van der Waals surface area contributed by atoms with Crippen LogP contribution >= 0.6 is 23.2 Å². The van der Waals surface area contributed by atoms with Crippen LogP contribution in [0.4, 0.5) is 0 Å². The molecule has 1 amide bonds. The summed E-state index contributed by atoms with van der Waals surface area (Å²) >= 11 is 12.4. The topological polar surface area (TPSA) is 46.9 Å². The summed E-state index contributed by atoms with van der Waals surface area (Å²) in [6.07, 6.45) is 0.651. The Morgan fingerprint density at radius 1 is 1.19 bits per heavy atom. The molecule has 0 fully saturated rings. The molecule has 0 atom stereocenters. The molecule has 0 aliphatic heterocycles. The van der Waals surface area contributed by atoms with Gasteiger partial charge >= 0.3 is 0 Å². The highest BCUT2D eigenvalue weighted by molar-refractivity contribution is 6.35. The molecule has 0 aliphatic rings. The molecule has 6 heteroatoms. The molecule has 4 nitrogen and oxygen atoms in total. The van der Waals surface area contributed by atoms with Gasteiger partial charge in [-0.2, -0.15) is 0 Å². The number of imidazole rings is 1. The number of hydrogen-bond acceptors (Lipinski definition) is 2. The number of nitrogens with one attached hydrogen (secondary N) is 1. The van der Waals surface area contributed by atoms with Crippen LogP contribution in [0.2, 0.25) is 10.0 Å². The van der Waals surface area contributed by atoms with E-state index in [1.807, 2.05) is 50.2 Å². The standard InChI is InChI=1S/C20H21Cl2N3O/c1-13(2)20(26)23-10-9-19-24-17-5-3-4-6-18(17)25(19)12-14-7-8-15(21)11-16(14)22/h3-8,11,13H,9-10,12H2,1-2H3,(H,23,26). The van der Waals surface area contributed by atoms with Gasteiger partial charge < -0.3 is 9.88 Å². The fourth-order valence-electron chi connectivity index (χ4n) is 2.81. The van der Waals surface area contributed by atoms with Gasteiger partial charge in [-0.3, -0.25) is 4.79 Å². The van der Waals surface area contributed by atoms with Crippen LogP contribution in [0.3, 0.4) is 0 Å². The molecule has 0 bridgehead atoms. The first-order valence-corrected chi connectivity index (χ1v) is 9.37. The molecule has 0 radical (unpaired) electrons. The van der Waals surface area contributed by atoms with E-state index in [9.17, 15) is 4.79 Å². The lowest BCUT2D eigenvalue weighted by Crippen LogP contribution is -2.30. The highest BCUT2D eigenvalue weighted by Crippen LogP contribution is 2.24. The Kier molecular flexibility index (Phi) is 5.84. The van der Waals surface area contributed by atoms with E-state index in [1.54, 1.807) is 6.07 Å². The monoisotopic (exact) mass is 389 g/mol. The largest absolute Gasteiger partial charge is 0.355 e. The van der Waals surface area contributed by atoms with E-state index in [0.29, 0.717) is 29.6 Å². The van der Waals surface area contributed by atoms with Crippen molar-refractivity contribution in [2.45, 2.75) is 26.8 Å². The van der Waals surface area contributed by atoms with E-state index >= 15 is 0 Å². The van der Waals surface area contributed by atoms with E-state index in [0.717, 1.165) is 22.4 Å². The molecule has 0 saturated heterocycles. The number of halogens is 2. The SMILES string of the molecule is CC(C)C(=O)NCCc1nc2ccccc2n1Cc1ccc(Cl)cc1Cl. The lowest BCUT2D eigenvalue weighted by molar-refractivity contribution is -0.123. The number of benzene rings is 2. The summed E-state index contributed by atoms with van der Waals surface area (Å²) < 4.78 is 2.14. The molecule has 1 N–H and O–H groups in total. The van der Waals surface area contributed by atoms with Crippen LogP contribution in [0.25, 0.3) is 11.0 Å². The van der Waals surface area contributed by atoms with Gasteiger partial charge in [0.05, 0.1) is 17.6 Å². The van der Waals surface area contributed by atoms with Crippen LogP contribution in [-0.4, -0.2) is 22.0 Å². The molecule has 0 saturated carbocycles. The van der Waals surface area contributed by atoms with Crippen molar-refractivity contribution in [1.29, 1.82) is 0 Å². The second kappa shape index (κ2) is 8.11. The zero-order valence-electron chi connectivity index (χ0n) is 14.8. The third-order valence-electron chi connectivity index (χ3n) is 4.25. The molecule has 0 aliphatic carbocycles. The fourth-order valence-corrected chi connectivity index (χ4v) is 3.28. The van der Waals surface area contributed by atoms with Crippen molar-refractivity contribution in [3.8, 4) is 0 Å². The third kappa shape index (κ3) is 4.19. The van der Waals surface area contributed by atoms with Gasteiger partial charge in [0.2, 0.25) is 5.91 Å². The number of hydrogen-bond donors (Lipinski definition) is 1. The molecule has 3 aromatic rings. The van der Waals surface area contributed by atoms with E-state index in [1.165, 1.54) is 0 Å². The number of fused-ring (bicyclic) bond motifs is 1. The average Bonchev–Trinajstić information content (AvgIpc) is 2.95.